The number of carbonyl (C=O) groups excluding carboxylic acids is 1. The maximum Gasteiger partial charge on any atom is 0.252 e. The molecule has 0 aliphatic heterocycles. The normalized spacial score (nSPS) is 11.6. The van der Waals surface area contributed by atoms with Gasteiger partial charge in [-0.25, -0.2) is 0 Å². The van der Waals surface area contributed by atoms with Gasteiger partial charge in [-0.3, -0.25) is 4.79 Å². The van der Waals surface area contributed by atoms with Crippen molar-refractivity contribution in [2.45, 2.75) is 13.0 Å². The minimum atomic E-state index is -0.221. The van der Waals surface area contributed by atoms with Crippen molar-refractivity contribution in [1.82, 2.24) is 5.32 Å². The summed E-state index contributed by atoms with van der Waals surface area (Å²) in [4.78, 5) is 12.7. The number of nitrogens with one attached hydrogen (secondary N) is 1. The molecule has 0 bridgehead atoms. The monoisotopic (exact) mass is 331 g/mol. The van der Waals surface area contributed by atoms with Gasteiger partial charge in [-0.15, -0.1) is 0 Å². The van der Waals surface area contributed by atoms with E-state index in [0.29, 0.717) is 5.56 Å². The largest absolute Gasteiger partial charge is 0.497 e. The Bertz CT molecular complexity index is 824. The van der Waals surface area contributed by atoms with Crippen LogP contribution in [-0.4, -0.2) is 13.0 Å². The van der Waals surface area contributed by atoms with E-state index in [9.17, 15) is 4.79 Å². The van der Waals surface area contributed by atoms with Gasteiger partial charge in [-0.2, -0.15) is 0 Å². The first-order valence-corrected chi connectivity index (χ1v) is 8.24. The van der Waals surface area contributed by atoms with E-state index < -0.39 is 0 Å². The van der Waals surface area contributed by atoms with Crippen LogP contribution < -0.4 is 10.1 Å². The maximum absolute atomic E-state index is 12.7. The van der Waals surface area contributed by atoms with Crippen molar-refractivity contribution in [3.63, 3.8) is 0 Å². The van der Waals surface area contributed by atoms with Gasteiger partial charge in [0.2, 0.25) is 0 Å². The number of benzene rings is 3. The summed E-state index contributed by atoms with van der Waals surface area (Å²) in [6.07, 6.45) is 0. The number of hydrogen-bond donors (Lipinski definition) is 1. The van der Waals surface area contributed by atoms with Gasteiger partial charge in [0, 0.05) is 5.56 Å². The van der Waals surface area contributed by atoms with Gasteiger partial charge in [0.1, 0.15) is 5.75 Å². The molecular weight excluding hydrogens is 310 g/mol. The number of methoxy groups -OCH3 is 1. The smallest absolute Gasteiger partial charge is 0.252 e. The molecule has 1 N–H and O–H groups in total. The van der Waals surface area contributed by atoms with Crippen LogP contribution in [0.4, 0.5) is 0 Å². The fourth-order valence-corrected chi connectivity index (χ4v) is 2.72. The van der Waals surface area contributed by atoms with Crippen LogP contribution in [0.1, 0.15) is 33.1 Å². The lowest BCUT2D eigenvalue weighted by Gasteiger charge is -2.20. The highest BCUT2D eigenvalue weighted by Crippen LogP contribution is 2.24. The Kier molecular flexibility index (Phi) is 5.14. The van der Waals surface area contributed by atoms with Crippen molar-refractivity contribution in [3.05, 3.63) is 101 Å². The van der Waals surface area contributed by atoms with Gasteiger partial charge in [0.15, 0.2) is 0 Å². The number of amides is 1. The summed E-state index contributed by atoms with van der Waals surface area (Å²) < 4.78 is 5.23. The Hall–Kier alpha value is -3.07. The van der Waals surface area contributed by atoms with Crippen LogP contribution in [0.2, 0.25) is 0 Å². The topological polar surface area (TPSA) is 38.3 Å². The fourth-order valence-electron chi connectivity index (χ4n) is 2.72. The minimum absolute atomic E-state index is 0.0929. The highest BCUT2D eigenvalue weighted by Gasteiger charge is 2.17. The zero-order chi connectivity index (χ0) is 17.6. The van der Waals surface area contributed by atoms with Crippen LogP contribution in [0.5, 0.6) is 5.75 Å². The molecule has 1 atom stereocenters. The Morgan fingerprint density at radius 3 is 2.04 bits per heavy atom. The van der Waals surface area contributed by atoms with Gasteiger partial charge < -0.3 is 10.1 Å². The van der Waals surface area contributed by atoms with E-state index in [2.05, 4.69) is 5.32 Å². The molecule has 0 saturated heterocycles. The van der Waals surface area contributed by atoms with Crippen molar-refractivity contribution in [2.75, 3.05) is 7.11 Å². The van der Waals surface area contributed by atoms with Crippen molar-refractivity contribution < 1.29 is 9.53 Å². The standard InChI is InChI=1S/C22H21NO2/c1-16-8-10-19(11-9-16)22(24)23-21(17-6-4-3-5-7-17)18-12-14-20(25-2)15-13-18/h3-15,21H,1-2H3,(H,23,24)/t21-/m0/s1. The lowest BCUT2D eigenvalue weighted by atomic mass is 9.98. The molecule has 3 nitrogen and oxygen atoms in total. The first kappa shape index (κ1) is 16.8. The summed E-state index contributed by atoms with van der Waals surface area (Å²) in [5.41, 5.74) is 3.83. The van der Waals surface area contributed by atoms with Crippen LogP contribution in [0.3, 0.4) is 0 Å². The third-order valence-corrected chi connectivity index (χ3v) is 4.17. The summed E-state index contributed by atoms with van der Waals surface area (Å²) in [6, 6.07) is 25.1. The fraction of sp³-hybridized carbons (Fsp3) is 0.136. The molecule has 0 heterocycles. The number of aryl methyl sites for hydroxylation is 1. The molecule has 0 spiro atoms. The Morgan fingerprint density at radius 1 is 0.840 bits per heavy atom. The van der Waals surface area contributed by atoms with E-state index in [0.717, 1.165) is 22.4 Å². The van der Waals surface area contributed by atoms with E-state index in [1.807, 2.05) is 85.8 Å². The molecule has 3 heteroatoms. The predicted octanol–water partition coefficient (Wildman–Crippen LogP) is 4.52. The average Bonchev–Trinajstić information content (AvgIpc) is 2.67. The molecule has 0 fully saturated rings. The average molecular weight is 331 g/mol. The van der Waals surface area contributed by atoms with E-state index in [-0.39, 0.29) is 11.9 Å². The quantitative estimate of drug-likeness (QED) is 0.746. The molecular formula is C22H21NO2. The number of rotatable bonds is 5. The van der Waals surface area contributed by atoms with Gasteiger partial charge in [-0.05, 0) is 42.3 Å². The first-order valence-electron chi connectivity index (χ1n) is 8.24. The highest BCUT2D eigenvalue weighted by molar-refractivity contribution is 5.94. The van der Waals surface area contributed by atoms with Crippen LogP contribution in [0.25, 0.3) is 0 Å². The van der Waals surface area contributed by atoms with Crippen molar-refractivity contribution >= 4 is 5.91 Å². The lowest BCUT2D eigenvalue weighted by molar-refractivity contribution is 0.0943. The SMILES string of the molecule is COc1ccc([C@@H](NC(=O)c2ccc(C)cc2)c2ccccc2)cc1. The molecule has 0 radical (unpaired) electrons. The van der Waals surface area contributed by atoms with Gasteiger partial charge in [0.25, 0.3) is 5.91 Å². The summed E-state index contributed by atoms with van der Waals surface area (Å²) in [7, 11) is 1.64. The van der Waals surface area contributed by atoms with Crippen molar-refractivity contribution in [1.29, 1.82) is 0 Å². The van der Waals surface area contributed by atoms with Crippen LogP contribution in [0.15, 0.2) is 78.9 Å². The van der Waals surface area contributed by atoms with Crippen LogP contribution in [0, 0.1) is 6.92 Å². The molecule has 126 valence electrons. The predicted molar refractivity (Wildman–Crippen MR) is 99.9 cm³/mol. The Labute approximate surface area is 148 Å². The zero-order valence-electron chi connectivity index (χ0n) is 14.4. The van der Waals surface area contributed by atoms with E-state index in [1.165, 1.54) is 0 Å². The molecule has 0 unspecified atom stereocenters. The molecule has 3 aromatic carbocycles. The van der Waals surface area contributed by atoms with Gasteiger partial charge in [0.05, 0.1) is 13.2 Å². The molecule has 3 aromatic rings. The second kappa shape index (κ2) is 7.67. The van der Waals surface area contributed by atoms with E-state index >= 15 is 0 Å². The third kappa shape index (κ3) is 4.07. The molecule has 0 saturated carbocycles. The van der Waals surface area contributed by atoms with Gasteiger partial charge in [-0.1, -0.05) is 60.2 Å². The number of hydrogen-bond acceptors (Lipinski definition) is 2. The third-order valence-electron chi connectivity index (χ3n) is 4.17. The summed E-state index contributed by atoms with van der Waals surface area (Å²) in [5.74, 6) is 0.699. The highest BCUT2D eigenvalue weighted by atomic mass is 16.5. The molecule has 25 heavy (non-hydrogen) atoms. The first-order chi connectivity index (χ1) is 12.2. The van der Waals surface area contributed by atoms with Crippen LogP contribution in [-0.2, 0) is 0 Å². The van der Waals surface area contributed by atoms with Gasteiger partial charge >= 0.3 is 0 Å². The van der Waals surface area contributed by atoms with Crippen molar-refractivity contribution in [2.24, 2.45) is 0 Å². The molecule has 3 rings (SSSR count). The molecule has 0 aromatic heterocycles. The minimum Gasteiger partial charge on any atom is -0.497 e. The number of carbonyl (C=O) groups is 1. The summed E-state index contributed by atoms with van der Waals surface area (Å²) in [5, 5.41) is 3.14. The summed E-state index contributed by atoms with van der Waals surface area (Å²) in [6.45, 7) is 2.01. The Morgan fingerprint density at radius 2 is 1.44 bits per heavy atom. The second-order valence-electron chi connectivity index (χ2n) is 5.96. The molecule has 0 aliphatic rings. The Balaban J connectivity index is 1.90. The number of ether oxygens (including phenoxy) is 1. The van der Waals surface area contributed by atoms with Crippen LogP contribution >= 0.6 is 0 Å². The summed E-state index contributed by atoms with van der Waals surface area (Å²) >= 11 is 0. The van der Waals surface area contributed by atoms with E-state index in [1.54, 1.807) is 7.11 Å². The lowest BCUT2D eigenvalue weighted by Crippen LogP contribution is -2.29. The zero-order valence-corrected chi connectivity index (χ0v) is 14.4. The maximum atomic E-state index is 12.7. The molecule has 1 amide bonds. The second-order valence-corrected chi connectivity index (χ2v) is 5.96. The molecule has 0 aliphatic carbocycles. The van der Waals surface area contributed by atoms with E-state index in [4.69, 9.17) is 4.74 Å². The van der Waals surface area contributed by atoms with Crippen molar-refractivity contribution in [3.8, 4) is 5.75 Å².